The Balaban J connectivity index is 1.96. The number of thioether (sulfide) groups is 1. The number of amides is 1. The van der Waals surface area contributed by atoms with Crippen LogP contribution in [0.25, 0.3) is 0 Å². The SMILES string of the molecule is CC(Sc1ccc([N+](=O)[O-])cc1)C(=O)N(C)Cc1nccn1C. The van der Waals surface area contributed by atoms with Gasteiger partial charge in [0, 0.05) is 43.5 Å². The lowest BCUT2D eigenvalue weighted by atomic mass is 10.3. The van der Waals surface area contributed by atoms with Gasteiger partial charge in [0.25, 0.3) is 5.69 Å². The minimum absolute atomic E-state index is 0.0173. The van der Waals surface area contributed by atoms with Gasteiger partial charge in [-0.1, -0.05) is 0 Å². The van der Waals surface area contributed by atoms with E-state index in [4.69, 9.17) is 0 Å². The zero-order valence-corrected chi connectivity index (χ0v) is 14.0. The third kappa shape index (κ3) is 4.32. The van der Waals surface area contributed by atoms with Crippen LogP contribution < -0.4 is 0 Å². The normalized spacial score (nSPS) is 12.0. The molecule has 0 saturated carbocycles. The maximum atomic E-state index is 12.4. The van der Waals surface area contributed by atoms with Crippen molar-refractivity contribution in [3.05, 3.63) is 52.6 Å². The average Bonchev–Trinajstić information content (AvgIpc) is 2.92. The summed E-state index contributed by atoms with van der Waals surface area (Å²) in [4.78, 5) is 29.3. The van der Waals surface area contributed by atoms with Crippen molar-refractivity contribution in [3.63, 3.8) is 0 Å². The highest BCUT2D eigenvalue weighted by molar-refractivity contribution is 8.00. The van der Waals surface area contributed by atoms with E-state index in [9.17, 15) is 14.9 Å². The molecular formula is C15H18N4O3S. The van der Waals surface area contributed by atoms with Gasteiger partial charge in [-0.15, -0.1) is 11.8 Å². The molecule has 1 unspecified atom stereocenters. The van der Waals surface area contributed by atoms with Crippen LogP contribution in [0.3, 0.4) is 0 Å². The van der Waals surface area contributed by atoms with E-state index in [2.05, 4.69) is 4.98 Å². The van der Waals surface area contributed by atoms with E-state index in [0.717, 1.165) is 10.7 Å². The fourth-order valence-corrected chi connectivity index (χ4v) is 3.03. The van der Waals surface area contributed by atoms with E-state index in [-0.39, 0.29) is 16.8 Å². The van der Waals surface area contributed by atoms with Gasteiger partial charge in [-0.25, -0.2) is 4.98 Å². The Morgan fingerprint density at radius 2 is 2.09 bits per heavy atom. The van der Waals surface area contributed by atoms with Gasteiger partial charge in [-0.3, -0.25) is 14.9 Å². The van der Waals surface area contributed by atoms with Crippen LogP contribution in [-0.2, 0) is 18.4 Å². The topological polar surface area (TPSA) is 81.3 Å². The second kappa shape index (κ2) is 7.28. The van der Waals surface area contributed by atoms with Gasteiger partial charge >= 0.3 is 0 Å². The van der Waals surface area contributed by atoms with Gasteiger partial charge in [0.2, 0.25) is 5.91 Å². The minimum Gasteiger partial charge on any atom is -0.337 e. The van der Waals surface area contributed by atoms with Crippen molar-refractivity contribution in [2.75, 3.05) is 7.05 Å². The molecule has 0 aliphatic carbocycles. The summed E-state index contributed by atoms with van der Waals surface area (Å²) in [5.41, 5.74) is 0.0419. The molecule has 2 rings (SSSR count). The highest BCUT2D eigenvalue weighted by atomic mass is 32.2. The molecule has 0 fully saturated rings. The van der Waals surface area contributed by atoms with Crippen LogP contribution >= 0.6 is 11.8 Å². The number of non-ortho nitro benzene ring substituents is 1. The number of nitro groups is 1. The van der Waals surface area contributed by atoms with Gasteiger partial charge < -0.3 is 9.47 Å². The van der Waals surface area contributed by atoms with Crippen LogP contribution in [0.1, 0.15) is 12.7 Å². The van der Waals surface area contributed by atoms with E-state index in [1.807, 2.05) is 24.7 Å². The molecule has 0 radical (unpaired) electrons. The fraction of sp³-hybridized carbons (Fsp3) is 0.333. The van der Waals surface area contributed by atoms with E-state index in [1.54, 1.807) is 30.3 Å². The van der Waals surface area contributed by atoms with Crippen molar-refractivity contribution < 1.29 is 9.72 Å². The Hall–Kier alpha value is -2.35. The standard InChI is InChI=1S/C15H18N4O3S/c1-11(23-13-6-4-12(5-7-13)19(21)22)15(20)18(3)10-14-16-8-9-17(14)2/h4-9,11H,10H2,1-3H3. The van der Waals surface area contributed by atoms with Gasteiger partial charge in [0.05, 0.1) is 16.7 Å². The number of rotatable bonds is 6. The van der Waals surface area contributed by atoms with E-state index >= 15 is 0 Å². The molecule has 1 aromatic carbocycles. The van der Waals surface area contributed by atoms with Crippen LogP contribution in [-0.4, -0.2) is 37.6 Å². The Morgan fingerprint density at radius 1 is 1.43 bits per heavy atom. The molecule has 0 aliphatic heterocycles. The minimum atomic E-state index is -0.441. The Bertz CT molecular complexity index is 699. The Labute approximate surface area is 138 Å². The first-order valence-corrected chi connectivity index (χ1v) is 7.88. The third-order valence-electron chi connectivity index (χ3n) is 3.38. The van der Waals surface area contributed by atoms with Gasteiger partial charge in [0.1, 0.15) is 5.82 Å². The summed E-state index contributed by atoms with van der Waals surface area (Å²) in [5, 5.41) is 10.4. The predicted molar refractivity (Wildman–Crippen MR) is 88.1 cm³/mol. The van der Waals surface area contributed by atoms with Gasteiger partial charge in [-0.2, -0.15) is 0 Å². The molecule has 1 amide bonds. The number of aryl methyl sites for hydroxylation is 1. The lowest BCUT2D eigenvalue weighted by molar-refractivity contribution is -0.384. The second-order valence-corrected chi connectivity index (χ2v) is 6.57. The maximum Gasteiger partial charge on any atom is 0.269 e. The van der Waals surface area contributed by atoms with E-state index in [1.165, 1.54) is 23.9 Å². The fourth-order valence-electron chi connectivity index (χ4n) is 2.05. The number of aromatic nitrogens is 2. The number of nitrogens with zero attached hydrogens (tertiary/aromatic N) is 4. The molecule has 0 spiro atoms. The summed E-state index contributed by atoms with van der Waals surface area (Å²) in [6, 6.07) is 6.20. The highest BCUT2D eigenvalue weighted by Crippen LogP contribution is 2.26. The van der Waals surface area contributed by atoms with Gasteiger partial charge in [0.15, 0.2) is 0 Å². The molecule has 1 heterocycles. The first-order valence-electron chi connectivity index (χ1n) is 7.00. The summed E-state index contributed by atoms with van der Waals surface area (Å²) in [6.07, 6.45) is 3.53. The molecule has 0 aliphatic rings. The van der Waals surface area contributed by atoms with Crippen LogP contribution in [0.2, 0.25) is 0 Å². The average molecular weight is 334 g/mol. The molecule has 23 heavy (non-hydrogen) atoms. The quantitative estimate of drug-likeness (QED) is 0.460. The van der Waals surface area contributed by atoms with Crippen molar-refractivity contribution in [2.45, 2.75) is 23.6 Å². The molecule has 0 N–H and O–H groups in total. The summed E-state index contributed by atoms with van der Waals surface area (Å²) in [6.45, 7) is 2.26. The zero-order chi connectivity index (χ0) is 17.0. The third-order valence-corrected chi connectivity index (χ3v) is 4.48. The second-order valence-electron chi connectivity index (χ2n) is 5.16. The Kier molecular flexibility index (Phi) is 5.38. The lowest BCUT2D eigenvalue weighted by Crippen LogP contribution is -2.33. The smallest absolute Gasteiger partial charge is 0.269 e. The largest absolute Gasteiger partial charge is 0.337 e. The van der Waals surface area contributed by atoms with Crippen molar-refractivity contribution >= 4 is 23.4 Å². The highest BCUT2D eigenvalue weighted by Gasteiger charge is 2.20. The molecule has 0 bridgehead atoms. The maximum absolute atomic E-state index is 12.4. The van der Waals surface area contributed by atoms with Crippen LogP contribution in [0, 0.1) is 10.1 Å². The van der Waals surface area contributed by atoms with Crippen molar-refractivity contribution in [1.82, 2.24) is 14.5 Å². The lowest BCUT2D eigenvalue weighted by Gasteiger charge is -2.20. The number of benzene rings is 1. The van der Waals surface area contributed by atoms with Crippen molar-refractivity contribution in [3.8, 4) is 0 Å². The molecule has 7 nitrogen and oxygen atoms in total. The zero-order valence-electron chi connectivity index (χ0n) is 13.2. The van der Waals surface area contributed by atoms with E-state index in [0.29, 0.717) is 6.54 Å². The predicted octanol–water partition coefficient (Wildman–Crippen LogP) is 2.47. The number of carbonyl (C=O) groups excluding carboxylic acids is 1. The summed E-state index contributed by atoms with van der Waals surface area (Å²) >= 11 is 1.38. The Morgan fingerprint density at radius 3 is 2.61 bits per heavy atom. The number of nitro benzene ring substituents is 1. The molecule has 1 aromatic heterocycles. The van der Waals surface area contributed by atoms with Crippen molar-refractivity contribution in [2.24, 2.45) is 7.05 Å². The van der Waals surface area contributed by atoms with Crippen LogP contribution in [0.15, 0.2) is 41.6 Å². The van der Waals surface area contributed by atoms with Crippen LogP contribution in [0.5, 0.6) is 0 Å². The summed E-state index contributed by atoms with van der Waals surface area (Å²) in [5.74, 6) is 0.796. The first kappa shape index (κ1) is 17.0. The van der Waals surface area contributed by atoms with Crippen molar-refractivity contribution in [1.29, 1.82) is 0 Å². The summed E-state index contributed by atoms with van der Waals surface area (Å²) in [7, 11) is 3.62. The molecule has 2 aromatic rings. The first-order chi connectivity index (χ1) is 10.9. The molecule has 122 valence electrons. The number of carbonyl (C=O) groups is 1. The number of imidazole rings is 1. The number of hydrogen-bond acceptors (Lipinski definition) is 5. The van der Waals surface area contributed by atoms with Gasteiger partial charge in [-0.05, 0) is 19.1 Å². The summed E-state index contributed by atoms with van der Waals surface area (Å²) < 4.78 is 1.87. The van der Waals surface area contributed by atoms with E-state index < -0.39 is 4.92 Å². The van der Waals surface area contributed by atoms with Crippen LogP contribution in [0.4, 0.5) is 5.69 Å². The molecule has 8 heteroatoms. The molecule has 1 atom stereocenters. The monoisotopic (exact) mass is 334 g/mol. The molecule has 0 saturated heterocycles. The molecular weight excluding hydrogens is 316 g/mol. The number of hydrogen-bond donors (Lipinski definition) is 0.